The molecule has 3 aromatic rings. The molecule has 6 nitrogen and oxygen atoms in total. The highest BCUT2D eigenvalue weighted by atomic mass is 35.5. The van der Waals surface area contributed by atoms with Gasteiger partial charge in [0.1, 0.15) is 11.3 Å². The van der Waals surface area contributed by atoms with Gasteiger partial charge in [0.05, 0.1) is 7.11 Å². The quantitative estimate of drug-likeness (QED) is 0.702. The van der Waals surface area contributed by atoms with Crippen LogP contribution in [0.4, 0.5) is 0 Å². The van der Waals surface area contributed by atoms with E-state index in [2.05, 4.69) is 10.9 Å². The molecular formula is C18H15ClN2O4. The van der Waals surface area contributed by atoms with Crippen LogP contribution in [-0.4, -0.2) is 18.9 Å². The molecule has 0 radical (unpaired) electrons. The Morgan fingerprint density at radius 2 is 1.72 bits per heavy atom. The SMILES string of the molecule is COc1ccc2oc(C(=O)NNC(=O)c3ccc(Cl)cc3)c(C)c2c1. The predicted octanol–water partition coefficient (Wildman–Crippen LogP) is 3.48. The van der Waals surface area contributed by atoms with Crippen molar-refractivity contribution in [2.75, 3.05) is 7.11 Å². The largest absolute Gasteiger partial charge is 0.497 e. The lowest BCUT2D eigenvalue weighted by atomic mass is 10.1. The Bertz CT molecular complexity index is 948. The predicted molar refractivity (Wildman–Crippen MR) is 93.9 cm³/mol. The van der Waals surface area contributed by atoms with E-state index in [0.29, 0.717) is 27.5 Å². The number of halogens is 1. The number of hydrazine groups is 1. The lowest BCUT2D eigenvalue weighted by Crippen LogP contribution is -2.41. The van der Waals surface area contributed by atoms with Crippen molar-refractivity contribution in [3.8, 4) is 5.75 Å². The fourth-order valence-corrected chi connectivity index (χ4v) is 2.51. The lowest BCUT2D eigenvalue weighted by Gasteiger charge is -2.06. The van der Waals surface area contributed by atoms with Gasteiger partial charge in [0, 0.05) is 21.5 Å². The number of aryl methyl sites for hydroxylation is 1. The molecule has 0 fully saturated rings. The molecule has 2 aromatic carbocycles. The third kappa shape index (κ3) is 3.44. The second-order valence-electron chi connectivity index (χ2n) is 5.33. The number of methoxy groups -OCH3 is 1. The Morgan fingerprint density at radius 1 is 1.04 bits per heavy atom. The number of hydrogen-bond acceptors (Lipinski definition) is 4. The average Bonchev–Trinajstić information content (AvgIpc) is 2.96. The molecule has 0 spiro atoms. The van der Waals surface area contributed by atoms with Crippen LogP contribution in [0.1, 0.15) is 26.5 Å². The van der Waals surface area contributed by atoms with Gasteiger partial charge < -0.3 is 9.15 Å². The number of fused-ring (bicyclic) bond motifs is 1. The van der Waals surface area contributed by atoms with Gasteiger partial charge in [-0.05, 0) is 49.4 Å². The van der Waals surface area contributed by atoms with Crippen LogP contribution < -0.4 is 15.6 Å². The van der Waals surface area contributed by atoms with Crippen molar-refractivity contribution >= 4 is 34.4 Å². The standard InChI is InChI=1S/C18H15ClN2O4/c1-10-14-9-13(24-2)7-8-15(14)25-16(10)18(23)21-20-17(22)11-3-5-12(19)6-4-11/h3-9H,1-2H3,(H,20,22)(H,21,23). The van der Waals surface area contributed by atoms with Crippen LogP contribution in [0.5, 0.6) is 5.75 Å². The summed E-state index contributed by atoms with van der Waals surface area (Å²) in [7, 11) is 1.57. The van der Waals surface area contributed by atoms with Gasteiger partial charge in [-0.15, -0.1) is 0 Å². The van der Waals surface area contributed by atoms with Crippen molar-refractivity contribution < 1.29 is 18.7 Å². The highest BCUT2D eigenvalue weighted by molar-refractivity contribution is 6.30. The van der Waals surface area contributed by atoms with Crippen LogP contribution >= 0.6 is 11.6 Å². The molecule has 0 unspecified atom stereocenters. The maximum Gasteiger partial charge on any atom is 0.305 e. The number of amides is 2. The molecule has 7 heteroatoms. The topological polar surface area (TPSA) is 80.6 Å². The maximum absolute atomic E-state index is 12.3. The Labute approximate surface area is 148 Å². The minimum Gasteiger partial charge on any atom is -0.497 e. The van der Waals surface area contributed by atoms with Crippen LogP contribution in [0, 0.1) is 6.92 Å². The Balaban J connectivity index is 1.75. The smallest absolute Gasteiger partial charge is 0.305 e. The zero-order chi connectivity index (χ0) is 18.0. The van der Waals surface area contributed by atoms with Crippen molar-refractivity contribution in [1.29, 1.82) is 0 Å². The molecular weight excluding hydrogens is 344 g/mol. The zero-order valence-corrected chi connectivity index (χ0v) is 14.3. The van der Waals surface area contributed by atoms with Crippen LogP contribution in [-0.2, 0) is 0 Å². The molecule has 1 heterocycles. The van der Waals surface area contributed by atoms with Crippen LogP contribution in [0.3, 0.4) is 0 Å². The van der Waals surface area contributed by atoms with Gasteiger partial charge in [0.15, 0.2) is 5.76 Å². The van der Waals surface area contributed by atoms with Gasteiger partial charge in [0.2, 0.25) is 0 Å². The number of ether oxygens (including phenoxy) is 1. The molecule has 0 saturated carbocycles. The van der Waals surface area contributed by atoms with Gasteiger partial charge in [-0.1, -0.05) is 11.6 Å². The molecule has 2 amide bonds. The summed E-state index contributed by atoms with van der Waals surface area (Å²) in [4.78, 5) is 24.3. The van der Waals surface area contributed by atoms with E-state index in [9.17, 15) is 9.59 Å². The fourth-order valence-electron chi connectivity index (χ4n) is 2.39. The molecule has 0 aliphatic rings. The molecule has 1 aromatic heterocycles. The Morgan fingerprint density at radius 3 is 2.40 bits per heavy atom. The number of carbonyl (C=O) groups is 2. The van der Waals surface area contributed by atoms with Gasteiger partial charge in [-0.2, -0.15) is 0 Å². The summed E-state index contributed by atoms with van der Waals surface area (Å²) < 4.78 is 10.8. The fraction of sp³-hybridized carbons (Fsp3) is 0.111. The molecule has 3 rings (SSSR count). The first kappa shape index (κ1) is 16.9. The maximum atomic E-state index is 12.3. The molecule has 25 heavy (non-hydrogen) atoms. The van der Waals surface area contributed by atoms with Crippen LogP contribution in [0.25, 0.3) is 11.0 Å². The summed E-state index contributed by atoms with van der Waals surface area (Å²) in [6.45, 7) is 1.77. The number of rotatable bonds is 3. The molecule has 0 aliphatic heterocycles. The molecule has 2 N–H and O–H groups in total. The van der Waals surface area contributed by atoms with Gasteiger partial charge >= 0.3 is 5.91 Å². The van der Waals surface area contributed by atoms with E-state index in [-0.39, 0.29) is 5.76 Å². The van der Waals surface area contributed by atoms with E-state index >= 15 is 0 Å². The highest BCUT2D eigenvalue weighted by Gasteiger charge is 2.18. The van der Waals surface area contributed by atoms with E-state index in [4.69, 9.17) is 20.8 Å². The third-order valence-corrected chi connectivity index (χ3v) is 4.00. The molecule has 0 bridgehead atoms. The van der Waals surface area contributed by atoms with Crippen LogP contribution in [0.2, 0.25) is 5.02 Å². The summed E-state index contributed by atoms with van der Waals surface area (Å²) in [5.41, 5.74) is 6.28. The van der Waals surface area contributed by atoms with Crippen molar-refractivity contribution in [2.24, 2.45) is 0 Å². The van der Waals surface area contributed by atoms with Crippen LogP contribution in [0.15, 0.2) is 46.9 Å². The average molecular weight is 359 g/mol. The first-order valence-corrected chi connectivity index (χ1v) is 7.81. The summed E-state index contributed by atoms with van der Waals surface area (Å²) in [6.07, 6.45) is 0. The van der Waals surface area contributed by atoms with Gasteiger partial charge in [-0.25, -0.2) is 0 Å². The Hall–Kier alpha value is -2.99. The van der Waals surface area contributed by atoms with E-state index in [0.717, 1.165) is 5.39 Å². The van der Waals surface area contributed by atoms with E-state index in [1.54, 1.807) is 56.5 Å². The summed E-state index contributed by atoms with van der Waals surface area (Å²) in [6, 6.07) is 11.6. The summed E-state index contributed by atoms with van der Waals surface area (Å²) in [5, 5.41) is 1.29. The number of hydrogen-bond donors (Lipinski definition) is 2. The van der Waals surface area contributed by atoms with Gasteiger partial charge in [0.25, 0.3) is 5.91 Å². The molecule has 128 valence electrons. The minimum absolute atomic E-state index is 0.125. The highest BCUT2D eigenvalue weighted by Crippen LogP contribution is 2.28. The van der Waals surface area contributed by atoms with E-state index < -0.39 is 11.8 Å². The summed E-state index contributed by atoms with van der Waals surface area (Å²) in [5.74, 6) is -0.213. The number of carbonyl (C=O) groups excluding carboxylic acids is 2. The van der Waals surface area contributed by atoms with Crippen molar-refractivity contribution in [3.05, 3.63) is 64.4 Å². The van der Waals surface area contributed by atoms with E-state index in [1.807, 2.05) is 0 Å². The lowest BCUT2D eigenvalue weighted by molar-refractivity contribution is 0.0831. The molecule has 0 aliphatic carbocycles. The second kappa shape index (κ2) is 6.86. The van der Waals surface area contributed by atoms with Crippen molar-refractivity contribution in [2.45, 2.75) is 6.92 Å². The molecule has 0 atom stereocenters. The Kier molecular flexibility index (Phi) is 4.63. The minimum atomic E-state index is -0.546. The second-order valence-corrected chi connectivity index (χ2v) is 5.77. The van der Waals surface area contributed by atoms with Gasteiger partial charge in [-0.3, -0.25) is 20.4 Å². The number of nitrogens with one attached hydrogen (secondary N) is 2. The normalized spacial score (nSPS) is 10.5. The molecule has 0 saturated heterocycles. The summed E-state index contributed by atoms with van der Waals surface area (Å²) >= 11 is 5.78. The first-order valence-electron chi connectivity index (χ1n) is 7.43. The number of benzene rings is 2. The first-order chi connectivity index (χ1) is 12.0. The van der Waals surface area contributed by atoms with Crippen molar-refractivity contribution in [3.63, 3.8) is 0 Å². The number of furan rings is 1. The van der Waals surface area contributed by atoms with Crippen molar-refractivity contribution in [1.82, 2.24) is 10.9 Å². The monoisotopic (exact) mass is 358 g/mol. The third-order valence-electron chi connectivity index (χ3n) is 3.75. The zero-order valence-electron chi connectivity index (χ0n) is 13.6. The van der Waals surface area contributed by atoms with E-state index in [1.165, 1.54) is 0 Å².